The van der Waals surface area contributed by atoms with Gasteiger partial charge in [0, 0.05) is 42.7 Å². The molecule has 1 aliphatic heterocycles. The molecule has 0 spiro atoms. The van der Waals surface area contributed by atoms with E-state index in [9.17, 15) is 19.5 Å². The molecule has 1 amide bonds. The van der Waals surface area contributed by atoms with Gasteiger partial charge in [0.2, 0.25) is 5.91 Å². The van der Waals surface area contributed by atoms with Crippen molar-refractivity contribution in [3.05, 3.63) is 112 Å². The van der Waals surface area contributed by atoms with Gasteiger partial charge in [0.15, 0.2) is 0 Å². The van der Waals surface area contributed by atoms with Crippen molar-refractivity contribution in [2.24, 2.45) is 5.92 Å². The highest BCUT2D eigenvalue weighted by atomic mass is 35.5. The summed E-state index contributed by atoms with van der Waals surface area (Å²) in [6.45, 7) is 3.22. The summed E-state index contributed by atoms with van der Waals surface area (Å²) < 4.78 is 7.29. The molecule has 2 aromatic heterocycles. The van der Waals surface area contributed by atoms with Crippen LogP contribution in [0.15, 0.2) is 90.1 Å². The molecule has 1 fully saturated rings. The minimum absolute atomic E-state index is 0.0941. The maximum absolute atomic E-state index is 13.6. The largest absolute Gasteiger partial charge is 0.492 e. The summed E-state index contributed by atoms with van der Waals surface area (Å²) in [7, 11) is 5.88. The van der Waals surface area contributed by atoms with Crippen LogP contribution in [0, 0.1) is 5.92 Å². The van der Waals surface area contributed by atoms with Gasteiger partial charge >= 0.3 is 0 Å². The monoisotopic (exact) mass is 740 g/mol. The number of aliphatic hydroxyl groups is 1. The van der Waals surface area contributed by atoms with Gasteiger partial charge in [-0.2, -0.15) is 0 Å². The summed E-state index contributed by atoms with van der Waals surface area (Å²) in [5, 5.41) is 16.6. The van der Waals surface area contributed by atoms with E-state index in [1.165, 1.54) is 10.9 Å². The van der Waals surface area contributed by atoms with Crippen LogP contribution in [0.2, 0.25) is 5.02 Å². The van der Waals surface area contributed by atoms with Crippen molar-refractivity contribution in [2.75, 3.05) is 53.9 Å². The molecule has 12 heteroatoms. The van der Waals surface area contributed by atoms with E-state index in [0.29, 0.717) is 66.2 Å². The lowest BCUT2D eigenvalue weighted by Crippen LogP contribution is -2.51. The van der Waals surface area contributed by atoms with Gasteiger partial charge in [-0.05, 0) is 95.7 Å². The number of hydrogen-bond donors (Lipinski definition) is 2. The first-order valence-electron chi connectivity index (χ1n) is 18.0. The number of piperidine rings is 1. The normalized spacial score (nSPS) is 14.5. The molecule has 1 atom stereocenters. The molecule has 1 aliphatic rings. The van der Waals surface area contributed by atoms with Gasteiger partial charge in [0.1, 0.15) is 18.6 Å². The van der Waals surface area contributed by atoms with Gasteiger partial charge in [-0.1, -0.05) is 54.1 Å². The first kappa shape index (κ1) is 39.5. The van der Waals surface area contributed by atoms with Crippen molar-refractivity contribution < 1.29 is 19.4 Å². The molecule has 2 N–H and O–H groups in total. The molecule has 0 aliphatic carbocycles. The zero-order chi connectivity index (χ0) is 37.8. The Bertz CT molecular complexity index is 2030. The Kier molecular flexibility index (Phi) is 14.1. The zero-order valence-corrected chi connectivity index (χ0v) is 31.5. The van der Waals surface area contributed by atoms with E-state index in [1.807, 2.05) is 55.2 Å². The third kappa shape index (κ3) is 10.9. The van der Waals surface area contributed by atoms with Crippen LogP contribution in [-0.2, 0) is 17.8 Å². The lowest BCUT2D eigenvalue weighted by atomic mass is 9.88. The summed E-state index contributed by atoms with van der Waals surface area (Å²) in [5.74, 6) is 0.674. The standard InChI is InChI=1S/C31H43N5O4.C10H6ClNO/c1-32-15-7-10-25(20-24-8-5-4-6-9-24)29(37)35-16-13-31(39,14-17-35)22-36-23-33-28-12-11-26(21-27(28)30(36)38)40-19-18-34(2)3;11-9-3-4-12-10-5-7(6-13)1-2-8(9)10/h4-6,8-9,11-12,21,23,25,32,39H,7,10,13-20,22H2,1-3H3;1-6H. The molecule has 6 rings (SSSR count). The van der Waals surface area contributed by atoms with Gasteiger partial charge in [-0.25, -0.2) is 4.98 Å². The number of fused-ring (bicyclic) bond motifs is 2. The average molecular weight is 741 g/mol. The number of aldehydes is 1. The van der Waals surface area contributed by atoms with Crippen LogP contribution in [0.1, 0.15) is 41.6 Å². The number of carbonyl (C=O) groups excluding carboxylic acids is 2. The van der Waals surface area contributed by atoms with Gasteiger partial charge in [0.05, 0.1) is 39.9 Å². The molecular formula is C41H49ClN6O5. The summed E-state index contributed by atoms with van der Waals surface area (Å²) in [6.07, 6.45) is 7.19. The Balaban J connectivity index is 0.000000347. The first-order valence-corrected chi connectivity index (χ1v) is 18.4. The van der Waals surface area contributed by atoms with E-state index in [1.54, 1.807) is 42.6 Å². The summed E-state index contributed by atoms with van der Waals surface area (Å²) in [5.41, 5.74) is 1.82. The van der Waals surface area contributed by atoms with Crippen LogP contribution >= 0.6 is 11.6 Å². The van der Waals surface area contributed by atoms with Crippen LogP contribution in [0.5, 0.6) is 5.75 Å². The summed E-state index contributed by atoms with van der Waals surface area (Å²) >= 11 is 5.92. The number of aromatic nitrogens is 3. The number of hydrogen-bond acceptors (Lipinski definition) is 9. The number of nitrogens with zero attached hydrogens (tertiary/aromatic N) is 5. The fourth-order valence-electron chi connectivity index (χ4n) is 6.50. The molecule has 0 bridgehead atoms. The minimum atomic E-state index is -1.09. The lowest BCUT2D eigenvalue weighted by molar-refractivity contribution is -0.140. The van der Waals surface area contributed by atoms with Crippen LogP contribution in [0.4, 0.5) is 0 Å². The van der Waals surface area contributed by atoms with Crippen LogP contribution in [0.3, 0.4) is 0 Å². The molecule has 3 heterocycles. The van der Waals surface area contributed by atoms with Crippen molar-refractivity contribution in [2.45, 2.75) is 44.2 Å². The minimum Gasteiger partial charge on any atom is -0.492 e. The van der Waals surface area contributed by atoms with E-state index in [4.69, 9.17) is 16.3 Å². The number of likely N-dealkylation sites (tertiary alicyclic amines) is 1. The Labute approximate surface area is 315 Å². The highest BCUT2D eigenvalue weighted by Crippen LogP contribution is 2.27. The van der Waals surface area contributed by atoms with Crippen molar-refractivity contribution >= 4 is 45.6 Å². The van der Waals surface area contributed by atoms with Crippen LogP contribution < -0.4 is 15.6 Å². The van der Waals surface area contributed by atoms with Crippen LogP contribution in [-0.4, -0.2) is 101 Å². The maximum atomic E-state index is 13.6. The Morgan fingerprint density at radius 3 is 2.53 bits per heavy atom. The molecule has 1 unspecified atom stereocenters. The molecule has 1 saturated heterocycles. The molecule has 11 nitrogen and oxygen atoms in total. The predicted octanol–water partition coefficient (Wildman–Crippen LogP) is 5.25. The average Bonchev–Trinajstić information content (AvgIpc) is 3.16. The fourth-order valence-corrected chi connectivity index (χ4v) is 6.72. The smallest absolute Gasteiger partial charge is 0.261 e. The van der Waals surface area contributed by atoms with Crippen molar-refractivity contribution in [3.8, 4) is 5.75 Å². The first-order chi connectivity index (χ1) is 25.6. The van der Waals surface area contributed by atoms with Gasteiger partial charge in [0.25, 0.3) is 5.56 Å². The van der Waals surface area contributed by atoms with Gasteiger partial charge in [-0.15, -0.1) is 0 Å². The van der Waals surface area contributed by atoms with E-state index in [0.717, 1.165) is 48.7 Å². The Hall–Kier alpha value is -4.68. The van der Waals surface area contributed by atoms with E-state index in [-0.39, 0.29) is 23.9 Å². The second-order valence-electron chi connectivity index (χ2n) is 13.9. The topological polar surface area (TPSA) is 130 Å². The quantitative estimate of drug-likeness (QED) is 0.116. The number of carbonyl (C=O) groups is 2. The SMILES string of the molecule is CNCCCC(Cc1ccccc1)C(=O)N1CCC(O)(Cn2cnc3ccc(OCCN(C)C)cc3c2=O)CC1.O=Cc1ccc2c(Cl)ccnc2c1. The number of rotatable bonds is 14. The molecule has 5 aromatic rings. The number of amides is 1. The van der Waals surface area contributed by atoms with Gasteiger partial charge < -0.3 is 25.0 Å². The van der Waals surface area contributed by atoms with E-state index in [2.05, 4.69) is 27.4 Å². The van der Waals surface area contributed by atoms with Crippen molar-refractivity contribution in [1.82, 2.24) is 29.7 Å². The molecule has 280 valence electrons. The van der Waals surface area contributed by atoms with Crippen molar-refractivity contribution in [1.29, 1.82) is 0 Å². The number of pyridine rings is 1. The second-order valence-corrected chi connectivity index (χ2v) is 14.3. The van der Waals surface area contributed by atoms with E-state index >= 15 is 0 Å². The molecule has 3 aromatic carbocycles. The van der Waals surface area contributed by atoms with Crippen molar-refractivity contribution in [3.63, 3.8) is 0 Å². The maximum Gasteiger partial charge on any atom is 0.261 e. The Morgan fingerprint density at radius 1 is 1.04 bits per heavy atom. The van der Waals surface area contributed by atoms with Crippen LogP contribution in [0.25, 0.3) is 21.8 Å². The molecule has 0 saturated carbocycles. The Morgan fingerprint density at radius 2 is 1.81 bits per heavy atom. The molecular weight excluding hydrogens is 692 g/mol. The second kappa shape index (κ2) is 18.9. The number of ether oxygens (including phenoxy) is 1. The van der Waals surface area contributed by atoms with E-state index < -0.39 is 5.60 Å². The zero-order valence-electron chi connectivity index (χ0n) is 30.7. The lowest BCUT2D eigenvalue weighted by Gasteiger charge is -2.39. The highest BCUT2D eigenvalue weighted by Gasteiger charge is 2.36. The number of likely N-dealkylation sites (N-methyl/N-ethyl adjacent to an activating group) is 1. The fraction of sp³-hybridized carbons (Fsp3) is 0.390. The summed E-state index contributed by atoms with van der Waals surface area (Å²) in [6, 6.07) is 22.4. The third-order valence-electron chi connectivity index (χ3n) is 9.58. The number of benzene rings is 3. The third-order valence-corrected chi connectivity index (χ3v) is 9.91. The number of halogens is 1. The predicted molar refractivity (Wildman–Crippen MR) is 210 cm³/mol. The molecule has 53 heavy (non-hydrogen) atoms. The van der Waals surface area contributed by atoms with Gasteiger partial charge in [-0.3, -0.25) is 23.9 Å². The highest BCUT2D eigenvalue weighted by molar-refractivity contribution is 6.35. The molecule has 0 radical (unpaired) electrons. The summed E-state index contributed by atoms with van der Waals surface area (Å²) in [4.78, 5) is 49.8. The number of nitrogens with one attached hydrogen (secondary N) is 1.